The second-order valence-corrected chi connectivity index (χ2v) is 2.43. The van der Waals surface area contributed by atoms with Crippen molar-refractivity contribution in [1.29, 1.82) is 0 Å². The SMILES string of the molecule is CC.CCC.CCOc1ccnn1C. The maximum atomic E-state index is 5.18. The fraction of sp³-hybridized carbons (Fsp3) is 0.727. The molecule has 0 spiro atoms. The summed E-state index contributed by atoms with van der Waals surface area (Å²) < 4.78 is 6.88. The Morgan fingerprint density at radius 1 is 1.29 bits per heavy atom. The Bertz CT molecular complexity index is 197. The number of aromatic nitrogens is 2. The summed E-state index contributed by atoms with van der Waals surface area (Å²) >= 11 is 0. The van der Waals surface area contributed by atoms with E-state index in [1.54, 1.807) is 10.9 Å². The minimum Gasteiger partial charge on any atom is -0.478 e. The molecular weight excluding hydrogens is 176 g/mol. The van der Waals surface area contributed by atoms with Gasteiger partial charge in [-0.1, -0.05) is 34.1 Å². The molecule has 0 aliphatic heterocycles. The molecule has 0 amide bonds. The van der Waals surface area contributed by atoms with E-state index in [9.17, 15) is 0 Å². The molecule has 0 aliphatic carbocycles. The Kier molecular flexibility index (Phi) is 13.3. The van der Waals surface area contributed by atoms with E-state index in [1.807, 2.05) is 33.9 Å². The van der Waals surface area contributed by atoms with E-state index in [2.05, 4.69) is 18.9 Å². The lowest BCUT2D eigenvalue weighted by atomic mass is 10.6. The molecule has 0 saturated heterocycles. The highest BCUT2D eigenvalue weighted by Crippen LogP contribution is 2.05. The van der Waals surface area contributed by atoms with Crippen LogP contribution in [0.1, 0.15) is 41.0 Å². The van der Waals surface area contributed by atoms with Gasteiger partial charge in [0.1, 0.15) is 0 Å². The van der Waals surface area contributed by atoms with Gasteiger partial charge in [0.15, 0.2) is 0 Å². The first-order valence-corrected chi connectivity index (χ1v) is 5.37. The molecule has 0 fully saturated rings. The van der Waals surface area contributed by atoms with Crippen LogP contribution in [-0.4, -0.2) is 16.4 Å². The highest BCUT2D eigenvalue weighted by atomic mass is 16.5. The van der Waals surface area contributed by atoms with Gasteiger partial charge in [-0.05, 0) is 6.92 Å². The molecule has 0 saturated carbocycles. The van der Waals surface area contributed by atoms with Gasteiger partial charge >= 0.3 is 0 Å². The van der Waals surface area contributed by atoms with Crippen molar-refractivity contribution in [3.63, 3.8) is 0 Å². The summed E-state index contributed by atoms with van der Waals surface area (Å²) in [6.07, 6.45) is 2.96. The molecule has 0 aliphatic rings. The van der Waals surface area contributed by atoms with E-state index in [1.165, 1.54) is 6.42 Å². The van der Waals surface area contributed by atoms with E-state index in [-0.39, 0.29) is 0 Å². The molecule has 0 radical (unpaired) electrons. The van der Waals surface area contributed by atoms with Crippen molar-refractivity contribution in [2.45, 2.75) is 41.0 Å². The number of rotatable bonds is 2. The molecule has 0 N–H and O–H groups in total. The fourth-order valence-electron chi connectivity index (χ4n) is 0.651. The van der Waals surface area contributed by atoms with Gasteiger partial charge in [-0.15, -0.1) is 0 Å². The second-order valence-electron chi connectivity index (χ2n) is 2.43. The van der Waals surface area contributed by atoms with Crippen LogP contribution in [0.3, 0.4) is 0 Å². The molecule has 1 aromatic rings. The van der Waals surface area contributed by atoms with Crippen molar-refractivity contribution in [2.24, 2.45) is 7.05 Å². The van der Waals surface area contributed by atoms with Crippen LogP contribution in [0.25, 0.3) is 0 Å². The van der Waals surface area contributed by atoms with Gasteiger partial charge in [0.2, 0.25) is 5.88 Å². The predicted octanol–water partition coefficient (Wildman–Crippen LogP) is 3.26. The topological polar surface area (TPSA) is 27.1 Å². The molecule has 0 atom stereocenters. The standard InChI is InChI=1S/C6H10N2O.C3H8.C2H6/c1-3-9-6-4-5-7-8(6)2;1-3-2;1-2/h4-5H,3H2,1-2H3;3H2,1-2H3;1-2H3. The van der Waals surface area contributed by atoms with Crippen molar-refractivity contribution < 1.29 is 4.74 Å². The third kappa shape index (κ3) is 7.65. The van der Waals surface area contributed by atoms with Gasteiger partial charge < -0.3 is 4.74 Å². The van der Waals surface area contributed by atoms with Gasteiger partial charge in [-0.3, -0.25) is 0 Å². The summed E-state index contributed by atoms with van der Waals surface area (Å²) in [5.74, 6) is 0.817. The highest BCUT2D eigenvalue weighted by Gasteiger charge is 1.93. The molecule has 1 aromatic heterocycles. The van der Waals surface area contributed by atoms with Crippen LogP contribution < -0.4 is 4.74 Å². The lowest BCUT2D eigenvalue weighted by molar-refractivity contribution is 0.309. The summed E-state index contributed by atoms with van der Waals surface area (Å²) in [7, 11) is 1.85. The first-order chi connectivity index (χ1) is 6.76. The average Bonchev–Trinajstić information content (AvgIpc) is 2.58. The Labute approximate surface area is 88.1 Å². The Morgan fingerprint density at radius 3 is 2.07 bits per heavy atom. The number of ether oxygens (including phenoxy) is 1. The van der Waals surface area contributed by atoms with Crippen LogP contribution in [0, 0.1) is 0 Å². The van der Waals surface area contributed by atoms with Gasteiger partial charge in [-0.2, -0.15) is 5.10 Å². The largest absolute Gasteiger partial charge is 0.478 e. The van der Waals surface area contributed by atoms with Crippen LogP contribution in [0.15, 0.2) is 12.3 Å². The molecule has 3 heteroatoms. The second kappa shape index (κ2) is 12.0. The summed E-state index contributed by atoms with van der Waals surface area (Å²) in [4.78, 5) is 0. The smallest absolute Gasteiger partial charge is 0.211 e. The first kappa shape index (κ1) is 15.5. The molecule has 0 bridgehead atoms. The van der Waals surface area contributed by atoms with E-state index >= 15 is 0 Å². The third-order valence-electron chi connectivity index (χ3n) is 1.07. The lowest BCUT2D eigenvalue weighted by Crippen LogP contribution is -1.98. The van der Waals surface area contributed by atoms with Crippen LogP contribution in [-0.2, 0) is 7.05 Å². The summed E-state index contributed by atoms with van der Waals surface area (Å²) in [5.41, 5.74) is 0. The number of aryl methyl sites for hydroxylation is 1. The van der Waals surface area contributed by atoms with Gasteiger partial charge in [0, 0.05) is 13.1 Å². The molecular formula is C11H24N2O. The van der Waals surface area contributed by atoms with E-state index in [0.29, 0.717) is 6.61 Å². The molecule has 1 heterocycles. The average molecular weight is 200 g/mol. The van der Waals surface area contributed by atoms with Crippen LogP contribution in [0.5, 0.6) is 5.88 Å². The summed E-state index contributed by atoms with van der Waals surface area (Å²) in [6, 6.07) is 1.84. The zero-order valence-corrected chi connectivity index (χ0v) is 10.4. The maximum Gasteiger partial charge on any atom is 0.211 e. The quantitative estimate of drug-likeness (QED) is 0.732. The Hall–Kier alpha value is -0.990. The van der Waals surface area contributed by atoms with Crippen molar-refractivity contribution >= 4 is 0 Å². The van der Waals surface area contributed by atoms with Gasteiger partial charge in [0.05, 0.1) is 12.8 Å². The summed E-state index contributed by atoms with van der Waals surface area (Å²) in [5, 5.41) is 3.93. The molecule has 84 valence electrons. The van der Waals surface area contributed by atoms with E-state index < -0.39 is 0 Å². The number of hydrogen-bond donors (Lipinski definition) is 0. The number of nitrogens with zero attached hydrogens (tertiary/aromatic N) is 2. The van der Waals surface area contributed by atoms with Crippen LogP contribution in [0.4, 0.5) is 0 Å². The van der Waals surface area contributed by atoms with Gasteiger partial charge in [-0.25, -0.2) is 4.68 Å². The zero-order chi connectivity index (χ0) is 11.4. The third-order valence-corrected chi connectivity index (χ3v) is 1.07. The molecule has 0 unspecified atom stereocenters. The summed E-state index contributed by atoms with van der Waals surface area (Å²) in [6.45, 7) is 10.9. The van der Waals surface area contributed by atoms with E-state index in [0.717, 1.165) is 5.88 Å². The minimum atomic E-state index is 0.694. The maximum absolute atomic E-state index is 5.18. The predicted molar refractivity (Wildman–Crippen MR) is 61.7 cm³/mol. The van der Waals surface area contributed by atoms with E-state index in [4.69, 9.17) is 4.74 Å². The highest BCUT2D eigenvalue weighted by molar-refractivity contribution is 5.06. The number of hydrogen-bond acceptors (Lipinski definition) is 2. The van der Waals surface area contributed by atoms with Crippen LogP contribution in [0.2, 0.25) is 0 Å². The van der Waals surface area contributed by atoms with Gasteiger partial charge in [0.25, 0.3) is 0 Å². The van der Waals surface area contributed by atoms with Crippen molar-refractivity contribution in [3.05, 3.63) is 12.3 Å². The monoisotopic (exact) mass is 200 g/mol. The molecule has 3 nitrogen and oxygen atoms in total. The molecule has 0 aromatic carbocycles. The normalized spacial score (nSPS) is 7.86. The molecule has 14 heavy (non-hydrogen) atoms. The van der Waals surface area contributed by atoms with Crippen molar-refractivity contribution in [2.75, 3.05) is 6.61 Å². The van der Waals surface area contributed by atoms with Crippen molar-refractivity contribution in [1.82, 2.24) is 9.78 Å². The Balaban J connectivity index is 0. The zero-order valence-electron chi connectivity index (χ0n) is 10.4. The lowest BCUT2D eigenvalue weighted by Gasteiger charge is -1.99. The minimum absolute atomic E-state index is 0.694. The Morgan fingerprint density at radius 2 is 1.79 bits per heavy atom. The molecule has 1 rings (SSSR count). The first-order valence-electron chi connectivity index (χ1n) is 5.37. The fourth-order valence-corrected chi connectivity index (χ4v) is 0.651. The van der Waals surface area contributed by atoms with Crippen molar-refractivity contribution in [3.8, 4) is 5.88 Å². The van der Waals surface area contributed by atoms with Crippen LogP contribution >= 0.6 is 0 Å².